The molecule has 1 aliphatic rings. The molecule has 1 fully saturated rings. The topological polar surface area (TPSA) is 15.3 Å². The van der Waals surface area contributed by atoms with Crippen molar-refractivity contribution in [1.82, 2.24) is 10.2 Å². The summed E-state index contributed by atoms with van der Waals surface area (Å²) in [5.74, 6) is 0. The van der Waals surface area contributed by atoms with E-state index in [1.165, 1.54) is 62.7 Å². The molecule has 0 aliphatic heterocycles. The van der Waals surface area contributed by atoms with E-state index >= 15 is 0 Å². The Morgan fingerprint density at radius 1 is 0.952 bits per heavy atom. The van der Waals surface area contributed by atoms with E-state index in [1.807, 2.05) is 0 Å². The van der Waals surface area contributed by atoms with Gasteiger partial charge in [0.05, 0.1) is 0 Å². The number of unbranched alkanes of at least 4 members (excludes halogenated alkanes) is 2. The van der Waals surface area contributed by atoms with Gasteiger partial charge in [-0.2, -0.15) is 0 Å². The lowest BCUT2D eigenvalue weighted by Gasteiger charge is -2.22. The zero-order valence-electron chi connectivity index (χ0n) is 13.9. The largest absolute Gasteiger partial charge is 0.310 e. The molecule has 118 valence electrons. The van der Waals surface area contributed by atoms with Crippen molar-refractivity contribution < 1.29 is 0 Å². The Hall–Kier alpha value is -0.860. The molecule has 2 heteroatoms. The molecule has 2 nitrogen and oxygen atoms in total. The van der Waals surface area contributed by atoms with Crippen LogP contribution in [-0.4, -0.2) is 24.0 Å². The second kappa shape index (κ2) is 9.22. The quantitative estimate of drug-likeness (QED) is 0.651. The lowest BCUT2D eigenvalue weighted by Crippen LogP contribution is -2.25. The van der Waals surface area contributed by atoms with Gasteiger partial charge in [0.15, 0.2) is 0 Å². The van der Waals surface area contributed by atoms with E-state index in [1.54, 1.807) is 0 Å². The van der Waals surface area contributed by atoms with Crippen LogP contribution in [0.1, 0.15) is 63.5 Å². The van der Waals surface area contributed by atoms with Gasteiger partial charge in [0, 0.05) is 19.1 Å². The zero-order valence-corrected chi connectivity index (χ0v) is 13.9. The van der Waals surface area contributed by atoms with E-state index in [9.17, 15) is 0 Å². The fourth-order valence-corrected chi connectivity index (χ4v) is 2.60. The Labute approximate surface area is 130 Å². The van der Waals surface area contributed by atoms with E-state index in [-0.39, 0.29) is 0 Å². The maximum Gasteiger partial charge on any atom is 0.0233 e. The SMILES string of the molecule is CCCCN(CCCC)Cc1ccc(CNC2CC2)cc1. The highest BCUT2D eigenvalue weighted by Gasteiger charge is 2.19. The highest BCUT2D eigenvalue weighted by molar-refractivity contribution is 5.22. The van der Waals surface area contributed by atoms with Crippen molar-refractivity contribution in [2.45, 2.75) is 71.5 Å². The van der Waals surface area contributed by atoms with Crippen LogP contribution in [0.25, 0.3) is 0 Å². The van der Waals surface area contributed by atoms with E-state index in [4.69, 9.17) is 0 Å². The molecule has 0 atom stereocenters. The molecule has 2 rings (SSSR count). The van der Waals surface area contributed by atoms with Gasteiger partial charge in [-0.3, -0.25) is 4.90 Å². The van der Waals surface area contributed by atoms with Crippen LogP contribution in [0.3, 0.4) is 0 Å². The number of rotatable bonds is 11. The molecule has 1 N–H and O–H groups in total. The summed E-state index contributed by atoms with van der Waals surface area (Å²) in [5, 5.41) is 3.58. The van der Waals surface area contributed by atoms with Gasteiger partial charge < -0.3 is 5.32 Å². The smallest absolute Gasteiger partial charge is 0.0233 e. The number of hydrogen-bond acceptors (Lipinski definition) is 2. The number of nitrogens with zero attached hydrogens (tertiary/aromatic N) is 1. The van der Waals surface area contributed by atoms with Crippen LogP contribution in [0.5, 0.6) is 0 Å². The first-order valence-electron chi connectivity index (χ1n) is 8.85. The molecule has 0 unspecified atom stereocenters. The second-order valence-corrected chi connectivity index (χ2v) is 6.45. The standard InChI is InChI=1S/C19H32N2/c1-3-5-13-21(14-6-4-2)16-18-9-7-17(8-10-18)15-20-19-11-12-19/h7-10,19-20H,3-6,11-16H2,1-2H3. The van der Waals surface area contributed by atoms with Gasteiger partial charge >= 0.3 is 0 Å². The second-order valence-electron chi connectivity index (χ2n) is 6.45. The van der Waals surface area contributed by atoms with Gasteiger partial charge in [-0.1, -0.05) is 51.0 Å². The summed E-state index contributed by atoms with van der Waals surface area (Å²) < 4.78 is 0. The van der Waals surface area contributed by atoms with Crippen molar-refractivity contribution in [2.75, 3.05) is 13.1 Å². The molecular weight excluding hydrogens is 256 g/mol. The molecular formula is C19H32N2. The monoisotopic (exact) mass is 288 g/mol. The molecule has 0 amide bonds. The average Bonchev–Trinajstić information content (AvgIpc) is 3.33. The predicted octanol–water partition coefficient (Wildman–Crippen LogP) is 4.34. The molecule has 1 aromatic carbocycles. The van der Waals surface area contributed by atoms with Crippen LogP contribution < -0.4 is 5.32 Å². The predicted molar refractivity (Wildman–Crippen MR) is 91.4 cm³/mol. The van der Waals surface area contributed by atoms with Crippen molar-refractivity contribution in [2.24, 2.45) is 0 Å². The molecule has 0 heterocycles. The molecule has 0 saturated heterocycles. The summed E-state index contributed by atoms with van der Waals surface area (Å²) in [6, 6.07) is 10.0. The summed E-state index contributed by atoms with van der Waals surface area (Å²) in [7, 11) is 0. The lowest BCUT2D eigenvalue weighted by molar-refractivity contribution is 0.257. The van der Waals surface area contributed by atoms with Crippen LogP contribution in [0.15, 0.2) is 24.3 Å². The van der Waals surface area contributed by atoms with E-state index < -0.39 is 0 Å². The minimum atomic E-state index is 0.795. The van der Waals surface area contributed by atoms with Crippen LogP contribution in [0.4, 0.5) is 0 Å². The fourth-order valence-electron chi connectivity index (χ4n) is 2.60. The first-order valence-corrected chi connectivity index (χ1v) is 8.85. The molecule has 1 aromatic rings. The van der Waals surface area contributed by atoms with E-state index in [0.29, 0.717) is 0 Å². The summed E-state index contributed by atoms with van der Waals surface area (Å²) in [6.45, 7) is 9.17. The van der Waals surface area contributed by atoms with Gasteiger partial charge in [0.25, 0.3) is 0 Å². The Morgan fingerprint density at radius 3 is 2.05 bits per heavy atom. The maximum absolute atomic E-state index is 3.58. The van der Waals surface area contributed by atoms with Crippen molar-refractivity contribution in [3.8, 4) is 0 Å². The Kier molecular flexibility index (Phi) is 7.25. The lowest BCUT2D eigenvalue weighted by atomic mass is 10.1. The van der Waals surface area contributed by atoms with Crippen LogP contribution in [0, 0.1) is 0 Å². The molecule has 0 aromatic heterocycles. The van der Waals surface area contributed by atoms with Gasteiger partial charge in [-0.15, -0.1) is 0 Å². The fraction of sp³-hybridized carbons (Fsp3) is 0.684. The highest BCUT2D eigenvalue weighted by Crippen LogP contribution is 2.19. The Bertz CT molecular complexity index is 373. The molecule has 0 radical (unpaired) electrons. The van der Waals surface area contributed by atoms with E-state index in [2.05, 4.69) is 48.3 Å². The molecule has 21 heavy (non-hydrogen) atoms. The van der Waals surface area contributed by atoms with Crippen LogP contribution in [-0.2, 0) is 13.1 Å². The van der Waals surface area contributed by atoms with Crippen molar-refractivity contribution in [3.05, 3.63) is 35.4 Å². The summed E-state index contributed by atoms with van der Waals surface area (Å²) >= 11 is 0. The van der Waals surface area contributed by atoms with Gasteiger partial charge in [0.2, 0.25) is 0 Å². The first-order chi connectivity index (χ1) is 10.3. The maximum atomic E-state index is 3.58. The summed E-state index contributed by atoms with van der Waals surface area (Å²) in [4.78, 5) is 2.62. The minimum Gasteiger partial charge on any atom is -0.310 e. The number of benzene rings is 1. The molecule has 0 bridgehead atoms. The third kappa shape index (κ3) is 6.62. The highest BCUT2D eigenvalue weighted by atomic mass is 15.1. The van der Waals surface area contributed by atoms with Crippen molar-refractivity contribution >= 4 is 0 Å². The average molecular weight is 288 g/mol. The number of nitrogens with one attached hydrogen (secondary N) is 1. The van der Waals surface area contributed by atoms with E-state index in [0.717, 1.165) is 19.1 Å². The third-order valence-corrected chi connectivity index (χ3v) is 4.26. The molecule has 0 spiro atoms. The van der Waals surface area contributed by atoms with Crippen molar-refractivity contribution in [1.29, 1.82) is 0 Å². The Balaban J connectivity index is 1.80. The minimum absolute atomic E-state index is 0.795. The van der Waals surface area contributed by atoms with Crippen LogP contribution >= 0.6 is 0 Å². The number of hydrogen-bond donors (Lipinski definition) is 1. The normalized spacial score (nSPS) is 14.8. The van der Waals surface area contributed by atoms with Gasteiger partial charge in [-0.05, 0) is 49.9 Å². The zero-order chi connectivity index (χ0) is 14.9. The third-order valence-electron chi connectivity index (χ3n) is 4.26. The van der Waals surface area contributed by atoms with Gasteiger partial charge in [0.1, 0.15) is 0 Å². The first kappa shape index (κ1) is 16.5. The Morgan fingerprint density at radius 2 is 1.52 bits per heavy atom. The summed E-state index contributed by atoms with van der Waals surface area (Å²) in [5.41, 5.74) is 2.87. The van der Waals surface area contributed by atoms with Crippen molar-refractivity contribution in [3.63, 3.8) is 0 Å². The summed E-state index contributed by atoms with van der Waals surface area (Å²) in [6.07, 6.45) is 7.92. The molecule has 1 aliphatic carbocycles. The molecule has 1 saturated carbocycles. The van der Waals surface area contributed by atoms with Gasteiger partial charge in [-0.25, -0.2) is 0 Å². The van der Waals surface area contributed by atoms with Crippen LogP contribution in [0.2, 0.25) is 0 Å².